The number of nitrogens with zero attached hydrogens (tertiary/aromatic N) is 1. The van der Waals surface area contributed by atoms with Crippen LogP contribution < -0.4 is 5.73 Å². The molecule has 0 heterocycles. The molecule has 0 saturated heterocycles. The zero-order valence-electron chi connectivity index (χ0n) is 13.6. The van der Waals surface area contributed by atoms with E-state index < -0.39 is 5.54 Å². The van der Waals surface area contributed by atoms with E-state index in [0.29, 0.717) is 6.42 Å². The first kappa shape index (κ1) is 17.9. The first-order valence-electron chi connectivity index (χ1n) is 7.89. The van der Waals surface area contributed by atoms with Crippen molar-refractivity contribution in [2.24, 2.45) is 5.73 Å². The van der Waals surface area contributed by atoms with Crippen LogP contribution in [0.1, 0.15) is 45.6 Å². The van der Waals surface area contributed by atoms with Crippen LogP contribution in [-0.2, 0) is 5.54 Å². The molecule has 0 aliphatic carbocycles. The average molecular weight is 292 g/mol. The van der Waals surface area contributed by atoms with E-state index >= 15 is 0 Å². The van der Waals surface area contributed by atoms with Gasteiger partial charge in [-0.25, -0.2) is 4.39 Å². The van der Waals surface area contributed by atoms with Crippen molar-refractivity contribution in [1.29, 1.82) is 0 Å². The molecule has 2 nitrogen and oxygen atoms in total. The summed E-state index contributed by atoms with van der Waals surface area (Å²) in [6.45, 7) is 12.4. The lowest BCUT2D eigenvalue weighted by molar-refractivity contribution is 0.131. The summed E-state index contributed by atoms with van der Waals surface area (Å²) in [7, 11) is 0. The zero-order chi connectivity index (χ0) is 15.9. The minimum Gasteiger partial charge on any atom is -0.320 e. The molecule has 0 amide bonds. The molecule has 1 aromatic rings. The van der Waals surface area contributed by atoms with Crippen molar-refractivity contribution in [3.8, 4) is 0 Å². The molecule has 2 unspecified atom stereocenters. The maximum Gasteiger partial charge on any atom is 0.123 e. The van der Waals surface area contributed by atoms with Gasteiger partial charge in [0.05, 0.1) is 5.54 Å². The molecular formula is C18H29FN2. The summed E-state index contributed by atoms with van der Waals surface area (Å²) in [5.41, 5.74) is 7.17. The SMILES string of the molecule is C=CCC(N)(c1ccc(F)cc1)C(C)N(CCC)CCC. The first-order valence-corrected chi connectivity index (χ1v) is 7.89. The van der Waals surface area contributed by atoms with Crippen molar-refractivity contribution < 1.29 is 4.39 Å². The highest BCUT2D eigenvalue weighted by Gasteiger charge is 2.35. The van der Waals surface area contributed by atoms with Crippen molar-refractivity contribution in [2.45, 2.75) is 51.6 Å². The lowest BCUT2D eigenvalue weighted by Gasteiger charge is -2.42. The summed E-state index contributed by atoms with van der Waals surface area (Å²) in [4.78, 5) is 2.42. The summed E-state index contributed by atoms with van der Waals surface area (Å²) in [5, 5.41) is 0. The van der Waals surface area contributed by atoms with Gasteiger partial charge in [-0.3, -0.25) is 4.90 Å². The Morgan fingerprint density at radius 1 is 1.24 bits per heavy atom. The number of benzene rings is 1. The molecule has 0 aliphatic heterocycles. The van der Waals surface area contributed by atoms with E-state index in [9.17, 15) is 4.39 Å². The Hall–Kier alpha value is -1.19. The fourth-order valence-corrected chi connectivity index (χ4v) is 2.93. The fourth-order valence-electron chi connectivity index (χ4n) is 2.93. The summed E-state index contributed by atoms with van der Waals surface area (Å²) >= 11 is 0. The Morgan fingerprint density at radius 3 is 2.19 bits per heavy atom. The van der Waals surface area contributed by atoms with E-state index in [1.807, 2.05) is 6.08 Å². The van der Waals surface area contributed by atoms with Crippen molar-refractivity contribution in [3.05, 3.63) is 48.3 Å². The minimum atomic E-state index is -0.542. The van der Waals surface area contributed by atoms with E-state index in [1.165, 1.54) is 12.1 Å². The van der Waals surface area contributed by atoms with Crippen LogP contribution in [0.5, 0.6) is 0 Å². The molecular weight excluding hydrogens is 263 g/mol. The van der Waals surface area contributed by atoms with Crippen molar-refractivity contribution in [1.82, 2.24) is 4.90 Å². The van der Waals surface area contributed by atoms with E-state index in [4.69, 9.17) is 5.73 Å². The molecule has 2 atom stereocenters. The van der Waals surface area contributed by atoms with E-state index in [0.717, 1.165) is 31.5 Å². The van der Waals surface area contributed by atoms with Crippen LogP contribution in [0.15, 0.2) is 36.9 Å². The highest BCUT2D eigenvalue weighted by atomic mass is 19.1. The maximum absolute atomic E-state index is 13.2. The third kappa shape index (κ3) is 4.39. The van der Waals surface area contributed by atoms with Crippen LogP contribution in [0.4, 0.5) is 4.39 Å². The van der Waals surface area contributed by atoms with E-state index in [-0.39, 0.29) is 11.9 Å². The number of halogens is 1. The molecule has 3 heteroatoms. The molecule has 0 saturated carbocycles. The first-order chi connectivity index (χ1) is 9.99. The zero-order valence-corrected chi connectivity index (χ0v) is 13.6. The van der Waals surface area contributed by atoms with Gasteiger partial charge in [0.15, 0.2) is 0 Å². The quantitative estimate of drug-likeness (QED) is 0.695. The second-order valence-corrected chi connectivity index (χ2v) is 5.75. The molecule has 0 spiro atoms. The number of hydrogen-bond acceptors (Lipinski definition) is 2. The van der Waals surface area contributed by atoms with Crippen molar-refractivity contribution in [2.75, 3.05) is 13.1 Å². The van der Waals surface area contributed by atoms with Gasteiger partial charge in [0, 0.05) is 6.04 Å². The molecule has 0 aliphatic rings. The van der Waals surface area contributed by atoms with Crippen LogP contribution in [0.3, 0.4) is 0 Å². The minimum absolute atomic E-state index is 0.167. The largest absolute Gasteiger partial charge is 0.320 e. The van der Waals surface area contributed by atoms with Gasteiger partial charge in [-0.2, -0.15) is 0 Å². The average Bonchev–Trinajstić information content (AvgIpc) is 2.47. The monoisotopic (exact) mass is 292 g/mol. The standard InChI is InChI=1S/C18H29FN2/c1-5-12-18(20,16-8-10-17(19)11-9-16)15(4)21(13-6-2)14-7-3/h5,8-11,15H,1,6-7,12-14,20H2,2-4H3. The molecule has 0 radical (unpaired) electrons. The van der Waals surface area contributed by atoms with Gasteiger partial charge in [-0.05, 0) is 57.0 Å². The van der Waals surface area contributed by atoms with Crippen LogP contribution in [0, 0.1) is 5.82 Å². The maximum atomic E-state index is 13.2. The summed E-state index contributed by atoms with van der Waals surface area (Å²) < 4.78 is 13.2. The van der Waals surface area contributed by atoms with Gasteiger partial charge >= 0.3 is 0 Å². The van der Waals surface area contributed by atoms with Gasteiger partial charge in [0.2, 0.25) is 0 Å². The van der Waals surface area contributed by atoms with Crippen LogP contribution in [0.25, 0.3) is 0 Å². The predicted molar refractivity (Wildman–Crippen MR) is 88.7 cm³/mol. The van der Waals surface area contributed by atoms with Gasteiger partial charge in [-0.15, -0.1) is 6.58 Å². The Balaban J connectivity index is 3.11. The van der Waals surface area contributed by atoms with Gasteiger partial charge < -0.3 is 5.73 Å². The number of nitrogens with two attached hydrogens (primary N) is 1. The second-order valence-electron chi connectivity index (χ2n) is 5.75. The van der Waals surface area contributed by atoms with Gasteiger partial charge in [-0.1, -0.05) is 32.1 Å². The molecule has 1 rings (SSSR count). The Morgan fingerprint density at radius 2 is 1.76 bits per heavy atom. The predicted octanol–water partition coefficient (Wildman–Crippen LogP) is 4.07. The number of hydrogen-bond donors (Lipinski definition) is 1. The normalized spacial score (nSPS) is 15.7. The topological polar surface area (TPSA) is 29.3 Å². The van der Waals surface area contributed by atoms with Gasteiger partial charge in [0.25, 0.3) is 0 Å². The summed E-state index contributed by atoms with van der Waals surface area (Å²) in [6, 6.07) is 6.73. The Labute approximate surface area is 128 Å². The molecule has 1 aromatic carbocycles. The fraction of sp³-hybridized carbons (Fsp3) is 0.556. The summed E-state index contributed by atoms with van der Waals surface area (Å²) in [5.74, 6) is -0.230. The van der Waals surface area contributed by atoms with Crippen LogP contribution >= 0.6 is 0 Å². The van der Waals surface area contributed by atoms with Crippen molar-refractivity contribution in [3.63, 3.8) is 0 Å². The highest BCUT2D eigenvalue weighted by molar-refractivity contribution is 5.27. The third-order valence-corrected chi connectivity index (χ3v) is 4.18. The Kier molecular flexibility index (Phi) is 7.06. The molecule has 118 valence electrons. The molecule has 0 aromatic heterocycles. The van der Waals surface area contributed by atoms with E-state index in [1.54, 1.807) is 12.1 Å². The molecule has 2 N–H and O–H groups in total. The van der Waals surface area contributed by atoms with Gasteiger partial charge in [0.1, 0.15) is 5.82 Å². The van der Waals surface area contributed by atoms with E-state index in [2.05, 4.69) is 32.3 Å². The molecule has 0 fully saturated rings. The smallest absolute Gasteiger partial charge is 0.123 e. The summed E-state index contributed by atoms with van der Waals surface area (Å²) in [6.07, 6.45) is 4.72. The number of rotatable bonds is 9. The van der Waals surface area contributed by atoms with Crippen LogP contribution in [-0.4, -0.2) is 24.0 Å². The van der Waals surface area contributed by atoms with Crippen molar-refractivity contribution >= 4 is 0 Å². The van der Waals surface area contributed by atoms with Crippen LogP contribution in [0.2, 0.25) is 0 Å². The second kappa shape index (κ2) is 8.30. The Bertz CT molecular complexity index is 423. The molecule has 21 heavy (non-hydrogen) atoms. The molecule has 0 bridgehead atoms. The third-order valence-electron chi connectivity index (χ3n) is 4.18. The lowest BCUT2D eigenvalue weighted by Crippen LogP contribution is -2.55. The highest BCUT2D eigenvalue weighted by Crippen LogP contribution is 2.30. The lowest BCUT2D eigenvalue weighted by atomic mass is 9.80.